The summed E-state index contributed by atoms with van der Waals surface area (Å²) < 4.78 is 38.1. The van der Waals surface area contributed by atoms with Gasteiger partial charge in [-0.15, -0.1) is 12.6 Å². The SMILES string of the molecule is O=C(c1cccc(S)c1)N1CCCC(C(F)(F)F)C1. The van der Waals surface area contributed by atoms with Crippen molar-refractivity contribution in [2.45, 2.75) is 23.9 Å². The van der Waals surface area contributed by atoms with Gasteiger partial charge in [-0.05, 0) is 31.0 Å². The Morgan fingerprint density at radius 1 is 1.37 bits per heavy atom. The van der Waals surface area contributed by atoms with Crippen LogP contribution in [0.3, 0.4) is 0 Å². The number of amides is 1. The molecule has 19 heavy (non-hydrogen) atoms. The molecule has 0 radical (unpaired) electrons. The molecule has 6 heteroatoms. The summed E-state index contributed by atoms with van der Waals surface area (Å²) in [6, 6.07) is 6.55. The highest BCUT2D eigenvalue weighted by Gasteiger charge is 2.42. The fourth-order valence-electron chi connectivity index (χ4n) is 2.25. The van der Waals surface area contributed by atoms with Crippen molar-refractivity contribution < 1.29 is 18.0 Å². The van der Waals surface area contributed by atoms with Gasteiger partial charge >= 0.3 is 6.18 Å². The number of hydrogen-bond acceptors (Lipinski definition) is 2. The van der Waals surface area contributed by atoms with Crippen molar-refractivity contribution in [2.75, 3.05) is 13.1 Å². The largest absolute Gasteiger partial charge is 0.393 e. The second-order valence-corrected chi connectivity index (χ2v) is 5.20. The first-order valence-electron chi connectivity index (χ1n) is 6.03. The molecule has 1 saturated heterocycles. The van der Waals surface area contributed by atoms with Crippen LogP contribution in [0.15, 0.2) is 29.2 Å². The molecule has 0 N–H and O–H groups in total. The number of piperidine rings is 1. The Bertz CT molecular complexity index is 475. The van der Waals surface area contributed by atoms with Crippen LogP contribution in [0, 0.1) is 5.92 Å². The quantitative estimate of drug-likeness (QED) is 0.786. The molecule has 1 aliphatic rings. The van der Waals surface area contributed by atoms with E-state index in [2.05, 4.69) is 12.6 Å². The zero-order chi connectivity index (χ0) is 14.0. The number of alkyl halides is 3. The average Bonchev–Trinajstić information content (AvgIpc) is 2.37. The van der Waals surface area contributed by atoms with Crippen LogP contribution in [0.5, 0.6) is 0 Å². The van der Waals surface area contributed by atoms with E-state index in [0.29, 0.717) is 23.4 Å². The van der Waals surface area contributed by atoms with E-state index in [9.17, 15) is 18.0 Å². The molecular weight excluding hydrogens is 275 g/mol. The van der Waals surface area contributed by atoms with Gasteiger partial charge in [0.15, 0.2) is 0 Å². The van der Waals surface area contributed by atoms with E-state index in [0.717, 1.165) is 0 Å². The summed E-state index contributed by atoms with van der Waals surface area (Å²) in [6.07, 6.45) is -3.75. The molecular formula is C13H14F3NOS. The molecule has 1 amide bonds. The van der Waals surface area contributed by atoms with Crippen molar-refractivity contribution in [3.8, 4) is 0 Å². The van der Waals surface area contributed by atoms with Gasteiger partial charge in [-0.1, -0.05) is 6.07 Å². The lowest BCUT2D eigenvalue weighted by atomic mass is 9.97. The van der Waals surface area contributed by atoms with Crippen LogP contribution in [0.2, 0.25) is 0 Å². The minimum absolute atomic E-state index is 0.0971. The number of benzene rings is 1. The molecule has 1 aliphatic heterocycles. The third-order valence-electron chi connectivity index (χ3n) is 3.26. The fourth-order valence-corrected chi connectivity index (χ4v) is 2.48. The normalized spacial score (nSPS) is 20.4. The third-order valence-corrected chi connectivity index (χ3v) is 3.54. The first kappa shape index (κ1) is 14.2. The van der Waals surface area contributed by atoms with E-state index < -0.39 is 12.1 Å². The van der Waals surface area contributed by atoms with Crippen molar-refractivity contribution in [2.24, 2.45) is 5.92 Å². The molecule has 1 heterocycles. The maximum atomic E-state index is 12.7. The van der Waals surface area contributed by atoms with Gasteiger partial charge in [0.2, 0.25) is 0 Å². The first-order chi connectivity index (χ1) is 8.88. The van der Waals surface area contributed by atoms with E-state index in [1.165, 1.54) is 4.90 Å². The topological polar surface area (TPSA) is 20.3 Å². The van der Waals surface area contributed by atoms with E-state index in [1.54, 1.807) is 24.3 Å². The molecule has 0 aromatic heterocycles. The minimum atomic E-state index is -4.23. The molecule has 1 unspecified atom stereocenters. The summed E-state index contributed by atoms with van der Waals surface area (Å²) in [5.41, 5.74) is 0.385. The molecule has 0 bridgehead atoms. The highest BCUT2D eigenvalue weighted by Crippen LogP contribution is 2.33. The lowest BCUT2D eigenvalue weighted by molar-refractivity contribution is -0.184. The first-order valence-corrected chi connectivity index (χ1v) is 6.47. The van der Waals surface area contributed by atoms with Gasteiger partial charge in [0.05, 0.1) is 5.92 Å². The van der Waals surface area contributed by atoms with E-state index >= 15 is 0 Å². The Balaban J connectivity index is 2.11. The van der Waals surface area contributed by atoms with Crippen molar-refractivity contribution in [3.63, 3.8) is 0 Å². The Labute approximate surface area is 115 Å². The molecule has 0 spiro atoms. The Kier molecular flexibility index (Phi) is 4.08. The molecule has 2 rings (SSSR count). The number of likely N-dealkylation sites (tertiary alicyclic amines) is 1. The number of carbonyl (C=O) groups excluding carboxylic acids is 1. The molecule has 0 saturated carbocycles. The number of thiol groups is 1. The third kappa shape index (κ3) is 3.43. The lowest BCUT2D eigenvalue weighted by Gasteiger charge is -2.33. The molecule has 1 atom stereocenters. The molecule has 104 valence electrons. The number of halogens is 3. The number of rotatable bonds is 1. The lowest BCUT2D eigenvalue weighted by Crippen LogP contribution is -2.44. The Morgan fingerprint density at radius 3 is 2.74 bits per heavy atom. The monoisotopic (exact) mass is 289 g/mol. The van der Waals surface area contributed by atoms with Gasteiger partial charge in [0.1, 0.15) is 0 Å². The van der Waals surface area contributed by atoms with Crippen LogP contribution >= 0.6 is 12.6 Å². The van der Waals surface area contributed by atoms with Crippen LogP contribution in [-0.4, -0.2) is 30.1 Å². The van der Waals surface area contributed by atoms with Gasteiger partial charge in [-0.25, -0.2) is 0 Å². The van der Waals surface area contributed by atoms with E-state index in [4.69, 9.17) is 0 Å². The number of nitrogens with zero attached hydrogens (tertiary/aromatic N) is 1. The van der Waals surface area contributed by atoms with Gasteiger partial charge in [0.25, 0.3) is 5.91 Å². The fraction of sp³-hybridized carbons (Fsp3) is 0.462. The molecule has 2 nitrogen and oxygen atoms in total. The van der Waals surface area contributed by atoms with Gasteiger partial charge < -0.3 is 4.90 Å². The molecule has 1 aromatic rings. The van der Waals surface area contributed by atoms with Gasteiger partial charge in [-0.3, -0.25) is 4.79 Å². The Morgan fingerprint density at radius 2 is 2.11 bits per heavy atom. The summed E-state index contributed by atoms with van der Waals surface area (Å²) in [5, 5.41) is 0. The molecule has 1 fully saturated rings. The van der Waals surface area contributed by atoms with Crippen LogP contribution < -0.4 is 0 Å². The zero-order valence-electron chi connectivity index (χ0n) is 10.2. The smallest absolute Gasteiger partial charge is 0.338 e. The predicted molar refractivity (Wildman–Crippen MR) is 68.4 cm³/mol. The van der Waals surface area contributed by atoms with Crippen molar-refractivity contribution in [3.05, 3.63) is 29.8 Å². The average molecular weight is 289 g/mol. The predicted octanol–water partition coefficient (Wildman–Crippen LogP) is 3.39. The van der Waals surface area contributed by atoms with E-state index in [-0.39, 0.29) is 18.9 Å². The number of hydrogen-bond donors (Lipinski definition) is 1. The maximum Gasteiger partial charge on any atom is 0.393 e. The summed E-state index contributed by atoms with van der Waals surface area (Å²) >= 11 is 4.13. The summed E-state index contributed by atoms with van der Waals surface area (Å²) in [4.78, 5) is 14.1. The second-order valence-electron chi connectivity index (χ2n) is 4.68. The zero-order valence-corrected chi connectivity index (χ0v) is 11.0. The standard InChI is InChI=1S/C13H14F3NOS/c14-13(15,16)10-4-2-6-17(8-10)12(18)9-3-1-5-11(19)7-9/h1,3,5,7,10,19H,2,4,6,8H2. The van der Waals surface area contributed by atoms with Crippen LogP contribution in [0.4, 0.5) is 13.2 Å². The van der Waals surface area contributed by atoms with Crippen LogP contribution in [0.25, 0.3) is 0 Å². The van der Waals surface area contributed by atoms with E-state index in [1.807, 2.05) is 0 Å². The van der Waals surface area contributed by atoms with Crippen molar-refractivity contribution in [1.82, 2.24) is 4.90 Å². The van der Waals surface area contributed by atoms with Crippen LogP contribution in [0.1, 0.15) is 23.2 Å². The molecule has 0 aliphatic carbocycles. The maximum absolute atomic E-state index is 12.7. The van der Waals surface area contributed by atoms with Gasteiger partial charge in [-0.2, -0.15) is 13.2 Å². The highest BCUT2D eigenvalue weighted by molar-refractivity contribution is 7.80. The molecule has 1 aromatic carbocycles. The van der Waals surface area contributed by atoms with Crippen LogP contribution in [-0.2, 0) is 0 Å². The summed E-state index contributed by atoms with van der Waals surface area (Å²) in [5.74, 6) is -1.77. The highest BCUT2D eigenvalue weighted by atomic mass is 32.1. The minimum Gasteiger partial charge on any atom is -0.338 e. The van der Waals surface area contributed by atoms with Crippen molar-refractivity contribution in [1.29, 1.82) is 0 Å². The second kappa shape index (κ2) is 5.45. The Hall–Kier alpha value is -1.17. The summed E-state index contributed by atoms with van der Waals surface area (Å²) in [6.45, 7) is 0.126. The number of carbonyl (C=O) groups is 1. The van der Waals surface area contributed by atoms with Gasteiger partial charge in [0, 0.05) is 23.5 Å². The summed E-state index contributed by atoms with van der Waals surface area (Å²) in [7, 11) is 0. The van der Waals surface area contributed by atoms with Crippen molar-refractivity contribution >= 4 is 18.5 Å².